The molecule has 0 bridgehead atoms. The Bertz CT molecular complexity index is 936. The minimum atomic E-state index is -0.211. The van der Waals surface area contributed by atoms with Crippen LogP contribution in [-0.4, -0.2) is 49.5 Å². The summed E-state index contributed by atoms with van der Waals surface area (Å²) in [5.74, 6) is 1.12. The molecule has 1 fully saturated rings. The molecule has 2 aromatic rings. The van der Waals surface area contributed by atoms with Crippen molar-refractivity contribution in [3.8, 4) is 5.75 Å². The van der Waals surface area contributed by atoms with E-state index in [-0.39, 0.29) is 17.7 Å². The van der Waals surface area contributed by atoms with Crippen molar-refractivity contribution in [2.24, 2.45) is 11.8 Å². The number of hydrogen-bond acceptors (Lipinski definition) is 4. The van der Waals surface area contributed by atoms with Gasteiger partial charge in [0, 0.05) is 37.7 Å². The van der Waals surface area contributed by atoms with Crippen LogP contribution in [0.25, 0.3) is 0 Å². The highest BCUT2D eigenvalue weighted by Gasteiger charge is 2.25. The van der Waals surface area contributed by atoms with E-state index in [0.29, 0.717) is 55.0 Å². The summed E-state index contributed by atoms with van der Waals surface area (Å²) in [6.45, 7) is 11.2. The minimum Gasteiger partial charge on any atom is -0.493 e. The zero-order valence-electron chi connectivity index (χ0n) is 19.2. The third-order valence-corrected chi connectivity index (χ3v) is 5.64. The Morgan fingerprint density at radius 2 is 1.66 bits per heavy atom. The number of amides is 2. The summed E-state index contributed by atoms with van der Waals surface area (Å²) in [5, 5.41) is 3.57. The molecule has 0 spiro atoms. The van der Waals surface area contributed by atoms with Gasteiger partial charge in [0.2, 0.25) is 5.91 Å². The zero-order chi connectivity index (χ0) is 23.3. The summed E-state index contributed by atoms with van der Waals surface area (Å²) in [6.07, 6.45) is 0. The molecular weight excluding hydrogens is 426 g/mol. The lowest BCUT2D eigenvalue weighted by molar-refractivity contribution is -0.134. The van der Waals surface area contributed by atoms with Crippen molar-refractivity contribution in [3.63, 3.8) is 0 Å². The van der Waals surface area contributed by atoms with E-state index in [2.05, 4.69) is 24.1 Å². The maximum atomic E-state index is 12.9. The maximum absolute atomic E-state index is 12.9. The van der Waals surface area contributed by atoms with E-state index in [0.717, 1.165) is 11.4 Å². The highest BCUT2D eigenvalue weighted by Crippen LogP contribution is 2.35. The topological polar surface area (TPSA) is 61.9 Å². The van der Waals surface area contributed by atoms with Crippen LogP contribution >= 0.6 is 11.6 Å². The van der Waals surface area contributed by atoms with Gasteiger partial charge in [0.05, 0.1) is 23.0 Å². The third kappa shape index (κ3) is 5.94. The van der Waals surface area contributed by atoms with E-state index in [1.807, 2.05) is 36.9 Å². The van der Waals surface area contributed by atoms with Crippen molar-refractivity contribution < 1.29 is 14.3 Å². The van der Waals surface area contributed by atoms with Crippen molar-refractivity contribution in [1.29, 1.82) is 0 Å². The summed E-state index contributed by atoms with van der Waals surface area (Å²) < 4.78 is 5.69. The largest absolute Gasteiger partial charge is 0.493 e. The van der Waals surface area contributed by atoms with E-state index in [4.69, 9.17) is 16.3 Å². The standard InChI is InChI=1S/C25H32ClN3O3/c1-17(2)16-32-20-10-8-19(9-11-20)24(30)27-22-7-5-6-21(26)23(22)28-12-14-29(15-13-28)25(31)18(3)4/h5-11,17-18H,12-16H2,1-4H3,(H,27,30). The number of nitrogens with one attached hydrogen (secondary N) is 1. The van der Waals surface area contributed by atoms with Crippen LogP contribution in [0.4, 0.5) is 11.4 Å². The number of carbonyl (C=O) groups is 2. The van der Waals surface area contributed by atoms with Gasteiger partial charge < -0.3 is 19.9 Å². The number of hydrogen-bond donors (Lipinski definition) is 1. The molecule has 2 aromatic carbocycles. The molecule has 32 heavy (non-hydrogen) atoms. The fourth-order valence-corrected chi connectivity index (χ4v) is 3.91. The van der Waals surface area contributed by atoms with Crippen molar-refractivity contribution in [2.75, 3.05) is 43.0 Å². The monoisotopic (exact) mass is 457 g/mol. The molecule has 0 aliphatic carbocycles. The van der Waals surface area contributed by atoms with E-state index in [9.17, 15) is 9.59 Å². The fraction of sp³-hybridized carbons (Fsp3) is 0.440. The quantitative estimate of drug-likeness (QED) is 0.640. The van der Waals surface area contributed by atoms with Crippen molar-refractivity contribution >= 4 is 34.8 Å². The molecule has 1 heterocycles. The van der Waals surface area contributed by atoms with Crippen LogP contribution in [-0.2, 0) is 4.79 Å². The Balaban J connectivity index is 1.70. The van der Waals surface area contributed by atoms with Gasteiger partial charge in [0.1, 0.15) is 5.75 Å². The van der Waals surface area contributed by atoms with Gasteiger partial charge in [-0.25, -0.2) is 0 Å². The first-order valence-corrected chi connectivity index (χ1v) is 11.5. The highest BCUT2D eigenvalue weighted by atomic mass is 35.5. The molecule has 0 atom stereocenters. The average molecular weight is 458 g/mol. The van der Waals surface area contributed by atoms with Crippen molar-refractivity contribution in [2.45, 2.75) is 27.7 Å². The summed E-state index contributed by atoms with van der Waals surface area (Å²) in [5.41, 5.74) is 1.99. The lowest BCUT2D eigenvalue weighted by Gasteiger charge is -2.38. The Morgan fingerprint density at radius 3 is 2.25 bits per heavy atom. The summed E-state index contributed by atoms with van der Waals surface area (Å²) in [7, 11) is 0. The van der Waals surface area contributed by atoms with E-state index in [1.165, 1.54) is 0 Å². The van der Waals surface area contributed by atoms with E-state index < -0.39 is 0 Å². The van der Waals surface area contributed by atoms with Crippen LogP contribution in [0.2, 0.25) is 5.02 Å². The van der Waals surface area contributed by atoms with Gasteiger partial charge in [-0.3, -0.25) is 9.59 Å². The molecule has 1 saturated heterocycles. The Hall–Kier alpha value is -2.73. The van der Waals surface area contributed by atoms with Crippen LogP contribution in [0.15, 0.2) is 42.5 Å². The van der Waals surface area contributed by atoms with E-state index in [1.54, 1.807) is 24.3 Å². The lowest BCUT2D eigenvalue weighted by Crippen LogP contribution is -2.50. The predicted molar refractivity (Wildman–Crippen MR) is 130 cm³/mol. The van der Waals surface area contributed by atoms with Crippen molar-refractivity contribution in [1.82, 2.24) is 4.90 Å². The van der Waals surface area contributed by atoms with Gasteiger partial charge in [-0.05, 0) is 42.3 Å². The fourth-order valence-electron chi connectivity index (χ4n) is 3.61. The number of rotatable bonds is 7. The van der Waals surface area contributed by atoms with Crippen LogP contribution in [0, 0.1) is 11.8 Å². The maximum Gasteiger partial charge on any atom is 0.255 e. The summed E-state index contributed by atoms with van der Waals surface area (Å²) in [6, 6.07) is 12.6. The molecule has 172 valence electrons. The van der Waals surface area contributed by atoms with Gasteiger partial charge >= 0.3 is 0 Å². The van der Waals surface area contributed by atoms with Crippen molar-refractivity contribution in [3.05, 3.63) is 53.1 Å². The Labute approximate surface area is 195 Å². The molecular formula is C25H32ClN3O3. The molecule has 2 amide bonds. The number of halogens is 1. The molecule has 3 rings (SSSR count). The summed E-state index contributed by atoms with van der Waals surface area (Å²) >= 11 is 6.53. The first-order chi connectivity index (χ1) is 15.3. The van der Waals surface area contributed by atoms with Gasteiger partial charge in [0.25, 0.3) is 5.91 Å². The van der Waals surface area contributed by atoms with Gasteiger partial charge in [0.15, 0.2) is 0 Å². The van der Waals surface area contributed by atoms with Gasteiger partial charge in [-0.2, -0.15) is 0 Å². The first kappa shape index (κ1) is 23.9. The molecule has 0 unspecified atom stereocenters. The lowest BCUT2D eigenvalue weighted by atomic mass is 10.1. The highest BCUT2D eigenvalue weighted by molar-refractivity contribution is 6.34. The predicted octanol–water partition coefficient (Wildman–Crippen LogP) is 4.93. The Kier molecular flexibility index (Phi) is 8.02. The summed E-state index contributed by atoms with van der Waals surface area (Å²) in [4.78, 5) is 29.2. The number of nitrogens with zero attached hydrogens (tertiary/aromatic N) is 2. The molecule has 1 N–H and O–H groups in total. The second-order valence-corrected chi connectivity index (χ2v) is 9.19. The number of ether oxygens (including phenoxy) is 1. The van der Waals surface area contributed by atoms with Crippen LogP contribution in [0.5, 0.6) is 5.75 Å². The number of carbonyl (C=O) groups excluding carboxylic acids is 2. The molecule has 0 radical (unpaired) electrons. The third-order valence-electron chi connectivity index (χ3n) is 5.34. The first-order valence-electron chi connectivity index (χ1n) is 11.1. The molecule has 7 heteroatoms. The molecule has 1 aliphatic heterocycles. The van der Waals surface area contributed by atoms with Gasteiger partial charge in [-0.15, -0.1) is 0 Å². The number of benzene rings is 2. The van der Waals surface area contributed by atoms with Crippen LogP contribution < -0.4 is 15.0 Å². The second-order valence-electron chi connectivity index (χ2n) is 8.79. The smallest absolute Gasteiger partial charge is 0.255 e. The molecule has 1 aliphatic rings. The molecule has 6 nitrogen and oxygen atoms in total. The van der Waals surface area contributed by atoms with E-state index >= 15 is 0 Å². The Morgan fingerprint density at radius 1 is 1.00 bits per heavy atom. The second kappa shape index (κ2) is 10.7. The van der Waals surface area contributed by atoms with Crippen LogP contribution in [0.1, 0.15) is 38.1 Å². The van der Waals surface area contributed by atoms with Crippen LogP contribution in [0.3, 0.4) is 0 Å². The normalized spacial score (nSPS) is 14.1. The number of para-hydroxylation sites is 1. The molecule has 0 saturated carbocycles. The molecule has 0 aromatic heterocycles. The average Bonchev–Trinajstić information content (AvgIpc) is 2.77. The zero-order valence-corrected chi connectivity index (χ0v) is 20.0. The number of anilines is 2. The minimum absolute atomic E-state index is 0.0149. The van der Waals surface area contributed by atoms with Gasteiger partial charge in [-0.1, -0.05) is 45.4 Å². The number of piperazine rings is 1. The SMILES string of the molecule is CC(C)COc1ccc(C(=O)Nc2cccc(Cl)c2N2CCN(C(=O)C(C)C)CC2)cc1.